The molecule has 1 rings (SSSR count). The van der Waals surface area contributed by atoms with E-state index in [1.807, 2.05) is 27.7 Å². The van der Waals surface area contributed by atoms with E-state index in [4.69, 9.17) is 15.9 Å². The number of ether oxygens (including phenoxy) is 1. The fourth-order valence-corrected chi connectivity index (χ4v) is 1.70. The van der Waals surface area contributed by atoms with E-state index in [-0.39, 0.29) is 12.0 Å². The maximum Gasteiger partial charge on any atom is 0.410 e. The summed E-state index contributed by atoms with van der Waals surface area (Å²) < 4.78 is 5.30. The minimum absolute atomic E-state index is 0.0628. The number of carbonyl (C=O) groups is 1. The van der Waals surface area contributed by atoms with Crippen LogP contribution in [0.25, 0.3) is 0 Å². The van der Waals surface area contributed by atoms with Crippen molar-refractivity contribution in [1.82, 2.24) is 4.90 Å². The van der Waals surface area contributed by atoms with Crippen LogP contribution in [0.1, 0.15) is 27.7 Å². The minimum atomic E-state index is -0.502. The summed E-state index contributed by atoms with van der Waals surface area (Å²) in [5, 5.41) is 7.29. The Balaban J connectivity index is 2.77. The third-order valence-corrected chi connectivity index (χ3v) is 2.58. The molecule has 0 fully saturated rings. The molecule has 0 saturated heterocycles. The van der Waals surface area contributed by atoms with Crippen molar-refractivity contribution in [1.29, 1.82) is 5.41 Å². The van der Waals surface area contributed by atoms with Gasteiger partial charge in [-0.05, 0) is 20.8 Å². The van der Waals surface area contributed by atoms with E-state index in [1.165, 1.54) is 6.21 Å². The highest BCUT2D eigenvalue weighted by Crippen LogP contribution is 2.20. The summed E-state index contributed by atoms with van der Waals surface area (Å²) in [5.74, 6) is 0.0628. The lowest BCUT2D eigenvalue weighted by molar-refractivity contribution is 0.0240. The normalized spacial score (nSPS) is 21.4. The van der Waals surface area contributed by atoms with Crippen molar-refractivity contribution in [3.63, 3.8) is 0 Å². The summed E-state index contributed by atoms with van der Waals surface area (Å²) in [7, 11) is 0. The van der Waals surface area contributed by atoms with Crippen LogP contribution in [0.3, 0.4) is 0 Å². The van der Waals surface area contributed by atoms with Crippen LogP contribution in [0, 0.1) is 11.3 Å². The zero-order chi connectivity index (χ0) is 13.2. The van der Waals surface area contributed by atoms with Gasteiger partial charge < -0.3 is 20.8 Å². The molecular formula is C12H21N3O2. The van der Waals surface area contributed by atoms with Crippen molar-refractivity contribution in [2.75, 3.05) is 13.1 Å². The second-order valence-electron chi connectivity index (χ2n) is 5.39. The fourth-order valence-electron chi connectivity index (χ4n) is 1.70. The Hall–Kier alpha value is -1.52. The van der Waals surface area contributed by atoms with Crippen LogP contribution in [-0.4, -0.2) is 35.9 Å². The zero-order valence-electron chi connectivity index (χ0n) is 10.9. The quantitative estimate of drug-likeness (QED) is 0.684. The SMILES string of the molecule is CC1CN(C(=O)OC(C)(C)C)CC(C=N)=C1N. The maximum atomic E-state index is 11.9. The predicted octanol–water partition coefficient (Wildman–Crippen LogP) is 1.74. The van der Waals surface area contributed by atoms with Gasteiger partial charge in [0.15, 0.2) is 0 Å². The molecule has 5 heteroatoms. The van der Waals surface area contributed by atoms with Crippen molar-refractivity contribution < 1.29 is 9.53 Å². The lowest BCUT2D eigenvalue weighted by Crippen LogP contribution is -2.44. The Morgan fingerprint density at radius 3 is 2.65 bits per heavy atom. The van der Waals surface area contributed by atoms with Crippen LogP contribution in [-0.2, 0) is 4.74 Å². The molecular weight excluding hydrogens is 218 g/mol. The van der Waals surface area contributed by atoms with Crippen LogP contribution in [0.4, 0.5) is 4.79 Å². The van der Waals surface area contributed by atoms with E-state index in [0.717, 1.165) is 0 Å². The van der Waals surface area contributed by atoms with E-state index in [1.54, 1.807) is 4.90 Å². The van der Waals surface area contributed by atoms with Crippen LogP contribution in [0.5, 0.6) is 0 Å². The van der Waals surface area contributed by atoms with Gasteiger partial charge in [-0.15, -0.1) is 0 Å². The molecule has 1 heterocycles. The van der Waals surface area contributed by atoms with Crippen molar-refractivity contribution in [2.45, 2.75) is 33.3 Å². The molecule has 96 valence electrons. The van der Waals surface area contributed by atoms with Crippen molar-refractivity contribution >= 4 is 12.3 Å². The largest absolute Gasteiger partial charge is 0.444 e. The molecule has 0 aromatic heterocycles. The molecule has 0 spiro atoms. The first-order valence-electron chi connectivity index (χ1n) is 5.71. The summed E-state index contributed by atoms with van der Waals surface area (Å²) in [4.78, 5) is 13.5. The monoisotopic (exact) mass is 239 g/mol. The van der Waals surface area contributed by atoms with Gasteiger partial charge in [0, 0.05) is 29.9 Å². The number of nitrogens with two attached hydrogens (primary N) is 1. The molecule has 0 bridgehead atoms. The number of carbonyl (C=O) groups excluding carboxylic acids is 1. The van der Waals surface area contributed by atoms with E-state index in [9.17, 15) is 4.79 Å². The van der Waals surface area contributed by atoms with E-state index < -0.39 is 5.60 Å². The van der Waals surface area contributed by atoms with Gasteiger partial charge in [0.05, 0.1) is 6.54 Å². The molecule has 1 amide bonds. The Morgan fingerprint density at radius 1 is 1.59 bits per heavy atom. The second kappa shape index (κ2) is 4.77. The van der Waals surface area contributed by atoms with Gasteiger partial charge in [0.2, 0.25) is 0 Å². The molecule has 1 unspecified atom stereocenters. The topological polar surface area (TPSA) is 79.4 Å². The standard InChI is InChI=1S/C12H21N3O2/c1-8-6-15(7-9(5-13)10(8)14)11(16)17-12(2,3)4/h5,8,13H,6-7,14H2,1-4H3. The Kier molecular flexibility index (Phi) is 3.80. The number of nitrogens with zero attached hydrogens (tertiary/aromatic N) is 1. The summed E-state index contributed by atoms with van der Waals surface area (Å²) in [6.45, 7) is 8.34. The van der Waals surface area contributed by atoms with Gasteiger partial charge >= 0.3 is 6.09 Å². The molecule has 0 radical (unpaired) electrons. The smallest absolute Gasteiger partial charge is 0.410 e. The van der Waals surface area contributed by atoms with Crippen molar-refractivity contribution in [3.05, 3.63) is 11.3 Å². The number of hydrogen-bond acceptors (Lipinski definition) is 4. The molecule has 0 aliphatic carbocycles. The molecule has 0 aromatic carbocycles. The van der Waals surface area contributed by atoms with Crippen LogP contribution in [0.2, 0.25) is 0 Å². The molecule has 1 atom stereocenters. The van der Waals surface area contributed by atoms with Crippen LogP contribution < -0.4 is 5.73 Å². The summed E-state index contributed by atoms with van der Waals surface area (Å²) in [6.07, 6.45) is 0.860. The predicted molar refractivity (Wildman–Crippen MR) is 67.0 cm³/mol. The Morgan fingerprint density at radius 2 is 2.18 bits per heavy atom. The molecule has 0 aromatic rings. The number of rotatable bonds is 1. The van der Waals surface area contributed by atoms with E-state index >= 15 is 0 Å². The van der Waals surface area contributed by atoms with Gasteiger partial charge in [-0.1, -0.05) is 6.92 Å². The van der Waals surface area contributed by atoms with E-state index in [0.29, 0.717) is 24.4 Å². The highest BCUT2D eigenvalue weighted by molar-refractivity contribution is 5.80. The number of nitrogens with one attached hydrogen (secondary N) is 1. The first-order chi connectivity index (χ1) is 7.74. The second-order valence-corrected chi connectivity index (χ2v) is 5.39. The number of hydrogen-bond donors (Lipinski definition) is 2. The molecule has 0 saturated carbocycles. The van der Waals surface area contributed by atoms with Crippen molar-refractivity contribution in [2.24, 2.45) is 11.7 Å². The summed E-state index contributed by atoms with van der Waals surface area (Å²) >= 11 is 0. The third-order valence-electron chi connectivity index (χ3n) is 2.58. The molecule has 1 aliphatic rings. The Bertz CT molecular complexity index is 355. The number of amides is 1. The summed E-state index contributed by atoms with van der Waals surface area (Å²) in [5.41, 5.74) is 6.75. The minimum Gasteiger partial charge on any atom is -0.444 e. The Labute approximate surface area is 102 Å². The first-order valence-corrected chi connectivity index (χ1v) is 5.71. The molecule has 3 N–H and O–H groups in total. The van der Waals surface area contributed by atoms with Gasteiger partial charge in [-0.2, -0.15) is 0 Å². The average Bonchev–Trinajstić information content (AvgIpc) is 2.19. The highest BCUT2D eigenvalue weighted by atomic mass is 16.6. The zero-order valence-corrected chi connectivity index (χ0v) is 10.9. The van der Waals surface area contributed by atoms with Crippen LogP contribution >= 0.6 is 0 Å². The van der Waals surface area contributed by atoms with Gasteiger partial charge in [-0.25, -0.2) is 4.79 Å². The fraction of sp³-hybridized carbons (Fsp3) is 0.667. The van der Waals surface area contributed by atoms with Gasteiger partial charge in [-0.3, -0.25) is 0 Å². The maximum absolute atomic E-state index is 11.9. The lowest BCUT2D eigenvalue weighted by Gasteiger charge is -2.33. The average molecular weight is 239 g/mol. The van der Waals surface area contributed by atoms with E-state index in [2.05, 4.69) is 0 Å². The first kappa shape index (κ1) is 13.5. The van der Waals surface area contributed by atoms with Gasteiger partial charge in [0.25, 0.3) is 0 Å². The third kappa shape index (κ3) is 3.47. The molecule has 17 heavy (non-hydrogen) atoms. The highest BCUT2D eigenvalue weighted by Gasteiger charge is 2.28. The summed E-state index contributed by atoms with van der Waals surface area (Å²) in [6, 6.07) is 0. The van der Waals surface area contributed by atoms with Crippen LogP contribution in [0.15, 0.2) is 11.3 Å². The lowest BCUT2D eigenvalue weighted by atomic mass is 9.98. The van der Waals surface area contributed by atoms with Crippen molar-refractivity contribution in [3.8, 4) is 0 Å². The molecule has 5 nitrogen and oxygen atoms in total. The molecule has 1 aliphatic heterocycles. The van der Waals surface area contributed by atoms with Gasteiger partial charge in [0.1, 0.15) is 5.60 Å².